The summed E-state index contributed by atoms with van der Waals surface area (Å²) in [6.07, 6.45) is -0.502. The van der Waals surface area contributed by atoms with Crippen molar-refractivity contribution in [2.75, 3.05) is 46.0 Å². The Kier molecular flexibility index (Phi) is 7.69. The van der Waals surface area contributed by atoms with Gasteiger partial charge >= 0.3 is 6.09 Å². The minimum Gasteiger partial charge on any atom is -0.449 e. The highest BCUT2D eigenvalue weighted by molar-refractivity contribution is 7.80. The normalized spacial score (nSPS) is 16.2. The number of carbonyl (C=O) groups excluding carboxylic acids is 1. The van der Waals surface area contributed by atoms with Gasteiger partial charge in [-0.05, 0) is 18.1 Å². The van der Waals surface area contributed by atoms with Crippen LogP contribution in [0.15, 0.2) is 0 Å². The van der Waals surface area contributed by atoms with Crippen LogP contribution in [0.25, 0.3) is 0 Å². The molecule has 1 amide bonds. The molecule has 0 bridgehead atoms. The van der Waals surface area contributed by atoms with E-state index in [1.165, 1.54) is 0 Å². The first kappa shape index (κ1) is 16.1. The molecule has 0 saturated carbocycles. The van der Waals surface area contributed by atoms with E-state index in [-0.39, 0.29) is 0 Å². The first-order valence-corrected chi connectivity index (χ1v) is 7.00. The molecule has 0 radical (unpaired) electrons. The van der Waals surface area contributed by atoms with E-state index in [1.807, 2.05) is 13.8 Å². The summed E-state index contributed by atoms with van der Waals surface area (Å²) in [6.45, 7) is 9.38. The third-order valence-electron chi connectivity index (χ3n) is 2.58. The van der Waals surface area contributed by atoms with E-state index in [2.05, 4.69) is 15.5 Å². The molecule has 6 nitrogen and oxygen atoms in total. The average molecular weight is 289 g/mol. The van der Waals surface area contributed by atoms with Gasteiger partial charge in [0.25, 0.3) is 0 Å². The second kappa shape index (κ2) is 9.06. The Bertz CT molecular complexity index is 294. The highest BCUT2D eigenvalue weighted by atomic mass is 32.1. The molecule has 0 aliphatic carbocycles. The van der Waals surface area contributed by atoms with Crippen LogP contribution in [-0.4, -0.2) is 62.1 Å². The van der Waals surface area contributed by atoms with Crippen molar-refractivity contribution in [2.45, 2.75) is 13.8 Å². The summed E-state index contributed by atoms with van der Waals surface area (Å²) in [6, 6.07) is 0. The molecule has 1 aliphatic rings. The van der Waals surface area contributed by atoms with E-state index < -0.39 is 6.09 Å². The van der Waals surface area contributed by atoms with Crippen molar-refractivity contribution >= 4 is 23.4 Å². The molecule has 1 fully saturated rings. The Hall–Kier alpha value is -0.920. The minimum atomic E-state index is -0.502. The van der Waals surface area contributed by atoms with Crippen LogP contribution < -0.4 is 10.6 Å². The predicted octanol–water partition coefficient (Wildman–Crippen LogP) is 0.575. The fourth-order valence-electron chi connectivity index (χ4n) is 1.57. The van der Waals surface area contributed by atoms with Gasteiger partial charge in [0.2, 0.25) is 0 Å². The van der Waals surface area contributed by atoms with Gasteiger partial charge in [-0.1, -0.05) is 13.8 Å². The van der Waals surface area contributed by atoms with E-state index in [9.17, 15) is 4.79 Å². The molecule has 7 heteroatoms. The van der Waals surface area contributed by atoms with Crippen LogP contribution in [0.4, 0.5) is 4.79 Å². The van der Waals surface area contributed by atoms with Gasteiger partial charge in [-0.3, -0.25) is 10.2 Å². The summed E-state index contributed by atoms with van der Waals surface area (Å²) in [5.41, 5.74) is 0. The number of hydrogen-bond donors (Lipinski definition) is 2. The van der Waals surface area contributed by atoms with Crippen LogP contribution in [0, 0.1) is 5.92 Å². The van der Waals surface area contributed by atoms with Gasteiger partial charge in [0.1, 0.15) is 0 Å². The molecule has 110 valence electrons. The second-order valence-electron chi connectivity index (χ2n) is 4.83. The van der Waals surface area contributed by atoms with Crippen molar-refractivity contribution in [2.24, 2.45) is 5.92 Å². The van der Waals surface area contributed by atoms with Crippen molar-refractivity contribution in [3.05, 3.63) is 0 Å². The minimum absolute atomic E-state index is 0.307. The maximum atomic E-state index is 11.3. The quantitative estimate of drug-likeness (QED) is 0.722. The molecule has 0 atom stereocenters. The molecule has 0 aromatic carbocycles. The summed E-state index contributed by atoms with van der Waals surface area (Å²) in [5.74, 6) is 0.314. The van der Waals surface area contributed by atoms with Crippen LogP contribution in [0.3, 0.4) is 0 Å². The molecule has 19 heavy (non-hydrogen) atoms. The highest BCUT2D eigenvalue weighted by Gasteiger charge is 2.10. The van der Waals surface area contributed by atoms with Crippen molar-refractivity contribution in [3.63, 3.8) is 0 Å². The SMILES string of the molecule is CC(C)COC(=O)NC(=S)NCCN1CCOCC1. The number of morpholine rings is 1. The third-order valence-corrected chi connectivity index (χ3v) is 2.83. The van der Waals surface area contributed by atoms with Crippen molar-refractivity contribution in [1.29, 1.82) is 0 Å². The van der Waals surface area contributed by atoms with E-state index in [1.54, 1.807) is 0 Å². The number of rotatable bonds is 5. The zero-order valence-electron chi connectivity index (χ0n) is 11.6. The average Bonchev–Trinajstić information content (AvgIpc) is 2.37. The lowest BCUT2D eigenvalue weighted by atomic mass is 10.2. The zero-order valence-corrected chi connectivity index (χ0v) is 12.4. The predicted molar refractivity (Wildman–Crippen MR) is 77.2 cm³/mol. The second-order valence-corrected chi connectivity index (χ2v) is 5.24. The maximum absolute atomic E-state index is 11.3. The highest BCUT2D eigenvalue weighted by Crippen LogP contribution is 1.95. The fraction of sp³-hybridized carbons (Fsp3) is 0.833. The largest absolute Gasteiger partial charge is 0.449 e. The molecular formula is C12H23N3O3S. The lowest BCUT2D eigenvalue weighted by Crippen LogP contribution is -2.45. The van der Waals surface area contributed by atoms with Gasteiger partial charge in [-0.15, -0.1) is 0 Å². The lowest BCUT2D eigenvalue weighted by Gasteiger charge is -2.26. The number of nitrogens with zero attached hydrogens (tertiary/aromatic N) is 1. The zero-order chi connectivity index (χ0) is 14.1. The van der Waals surface area contributed by atoms with Crippen molar-refractivity contribution in [3.8, 4) is 0 Å². The molecular weight excluding hydrogens is 266 g/mol. The van der Waals surface area contributed by atoms with Crippen LogP contribution in [0.1, 0.15) is 13.8 Å². The molecule has 0 aromatic rings. The van der Waals surface area contributed by atoms with Crippen LogP contribution in [-0.2, 0) is 9.47 Å². The molecule has 2 N–H and O–H groups in total. The van der Waals surface area contributed by atoms with E-state index >= 15 is 0 Å². The summed E-state index contributed by atoms with van der Waals surface area (Å²) >= 11 is 5.01. The number of thiocarbonyl (C=S) groups is 1. The number of nitrogens with one attached hydrogen (secondary N) is 2. The monoisotopic (exact) mass is 289 g/mol. The molecule has 0 unspecified atom stereocenters. The van der Waals surface area contributed by atoms with Crippen LogP contribution in [0.5, 0.6) is 0 Å². The number of carbonyl (C=O) groups is 1. The van der Waals surface area contributed by atoms with Crippen molar-refractivity contribution in [1.82, 2.24) is 15.5 Å². The maximum Gasteiger partial charge on any atom is 0.413 e. The summed E-state index contributed by atoms with van der Waals surface area (Å²) < 4.78 is 10.2. The molecule has 1 heterocycles. The Morgan fingerprint density at radius 2 is 2.11 bits per heavy atom. The Morgan fingerprint density at radius 3 is 2.74 bits per heavy atom. The van der Waals surface area contributed by atoms with Gasteiger partial charge in [0, 0.05) is 26.2 Å². The van der Waals surface area contributed by atoms with E-state index in [0.717, 1.165) is 32.8 Å². The Balaban J connectivity index is 2.05. The van der Waals surface area contributed by atoms with Gasteiger partial charge < -0.3 is 14.8 Å². The van der Waals surface area contributed by atoms with Gasteiger partial charge in [-0.2, -0.15) is 0 Å². The Labute approximate surface area is 119 Å². The molecule has 1 aliphatic heterocycles. The first-order valence-electron chi connectivity index (χ1n) is 6.59. The van der Waals surface area contributed by atoms with Gasteiger partial charge in [-0.25, -0.2) is 4.79 Å². The topological polar surface area (TPSA) is 62.8 Å². The number of alkyl carbamates (subject to hydrolysis) is 1. The number of hydrogen-bond acceptors (Lipinski definition) is 5. The molecule has 0 spiro atoms. The summed E-state index contributed by atoms with van der Waals surface area (Å²) in [7, 11) is 0. The first-order chi connectivity index (χ1) is 9.08. The fourth-order valence-corrected chi connectivity index (χ4v) is 1.75. The van der Waals surface area contributed by atoms with Gasteiger partial charge in [0.15, 0.2) is 5.11 Å². The summed E-state index contributed by atoms with van der Waals surface area (Å²) in [4.78, 5) is 13.6. The van der Waals surface area contributed by atoms with Crippen LogP contribution in [0.2, 0.25) is 0 Å². The van der Waals surface area contributed by atoms with Crippen LogP contribution >= 0.6 is 12.2 Å². The van der Waals surface area contributed by atoms with E-state index in [4.69, 9.17) is 21.7 Å². The molecule has 1 rings (SSSR count). The standard InChI is InChI=1S/C12H23N3O3S/c1-10(2)9-18-12(16)14-11(19)13-3-4-15-5-7-17-8-6-15/h10H,3-9H2,1-2H3,(H2,13,14,16,19). The molecule has 0 aromatic heterocycles. The summed E-state index contributed by atoms with van der Waals surface area (Å²) in [5, 5.41) is 5.78. The smallest absolute Gasteiger partial charge is 0.413 e. The molecule has 1 saturated heterocycles. The van der Waals surface area contributed by atoms with Crippen molar-refractivity contribution < 1.29 is 14.3 Å². The number of ether oxygens (including phenoxy) is 2. The lowest BCUT2D eigenvalue weighted by molar-refractivity contribution is 0.0389. The third kappa shape index (κ3) is 7.97. The van der Waals surface area contributed by atoms with E-state index in [0.29, 0.717) is 24.2 Å². The van der Waals surface area contributed by atoms with Gasteiger partial charge in [0.05, 0.1) is 19.8 Å². The number of amides is 1. The Morgan fingerprint density at radius 1 is 1.42 bits per heavy atom.